The first-order valence-electron chi connectivity index (χ1n) is 11.2. The van der Waals surface area contributed by atoms with Gasteiger partial charge in [-0.1, -0.05) is 54.1 Å². The normalized spacial score (nSPS) is 11.0. The Morgan fingerprint density at radius 3 is 2.12 bits per heavy atom. The Balaban J connectivity index is 1.88. The highest BCUT2D eigenvalue weighted by atomic mass is 35.5. The van der Waals surface area contributed by atoms with Crippen LogP contribution in [0.25, 0.3) is 21.9 Å². The zero-order valence-electron chi connectivity index (χ0n) is 20.0. The summed E-state index contributed by atoms with van der Waals surface area (Å²) in [5.74, 6) is 0.454. The monoisotopic (exact) mass is 473 g/mol. The maximum Gasteiger partial charge on any atom is 0.320 e. The van der Waals surface area contributed by atoms with E-state index in [1.54, 1.807) is 13.1 Å². The van der Waals surface area contributed by atoms with E-state index in [1.807, 2.05) is 76.2 Å². The van der Waals surface area contributed by atoms with Gasteiger partial charge in [0.15, 0.2) is 0 Å². The standard InChI is InChI=1S/C28H28ClN3O2/c1-16-9-8-10-17(2)24(16)25-21-13-18(3)19(4)14-22(21)27(33)32(5)26(25)31-28(34)30-15-20-11-6-7-12-23(20)29/h6-14H,15H2,1-5H3,(H2,30,31,34). The van der Waals surface area contributed by atoms with Crippen LogP contribution in [0.4, 0.5) is 10.6 Å². The van der Waals surface area contributed by atoms with E-state index in [0.29, 0.717) is 16.2 Å². The van der Waals surface area contributed by atoms with Crippen molar-refractivity contribution in [2.24, 2.45) is 7.05 Å². The van der Waals surface area contributed by atoms with Crippen LogP contribution >= 0.6 is 11.6 Å². The first-order valence-corrected chi connectivity index (χ1v) is 11.6. The molecule has 2 N–H and O–H groups in total. The number of hydrogen-bond acceptors (Lipinski definition) is 2. The second kappa shape index (κ2) is 9.35. The van der Waals surface area contributed by atoms with Crippen LogP contribution < -0.4 is 16.2 Å². The lowest BCUT2D eigenvalue weighted by Gasteiger charge is -2.21. The lowest BCUT2D eigenvalue weighted by atomic mass is 9.90. The van der Waals surface area contributed by atoms with Gasteiger partial charge in [0.1, 0.15) is 5.82 Å². The number of rotatable bonds is 4. The van der Waals surface area contributed by atoms with E-state index in [2.05, 4.69) is 10.6 Å². The van der Waals surface area contributed by atoms with E-state index in [0.717, 1.165) is 44.3 Å². The van der Waals surface area contributed by atoms with E-state index in [9.17, 15) is 9.59 Å². The summed E-state index contributed by atoms with van der Waals surface area (Å²) in [7, 11) is 1.69. The molecule has 6 heteroatoms. The second-order valence-electron chi connectivity index (χ2n) is 8.74. The molecule has 0 aliphatic carbocycles. The van der Waals surface area contributed by atoms with Gasteiger partial charge in [0.25, 0.3) is 5.56 Å². The highest BCUT2D eigenvalue weighted by molar-refractivity contribution is 6.31. The molecule has 4 aromatic rings. The predicted octanol–water partition coefficient (Wildman–Crippen LogP) is 6.41. The van der Waals surface area contributed by atoms with Gasteiger partial charge in [0, 0.05) is 29.6 Å². The molecule has 2 amide bonds. The van der Waals surface area contributed by atoms with Crippen molar-refractivity contribution in [3.63, 3.8) is 0 Å². The number of nitrogens with one attached hydrogen (secondary N) is 2. The fourth-order valence-corrected chi connectivity index (χ4v) is 4.56. The number of carbonyl (C=O) groups is 1. The number of anilines is 1. The second-order valence-corrected chi connectivity index (χ2v) is 9.14. The third-order valence-corrected chi connectivity index (χ3v) is 6.74. The van der Waals surface area contributed by atoms with Crippen molar-refractivity contribution in [1.82, 2.24) is 9.88 Å². The molecule has 0 fully saturated rings. The van der Waals surface area contributed by atoms with Crippen molar-refractivity contribution in [2.75, 3.05) is 5.32 Å². The van der Waals surface area contributed by atoms with Crippen LogP contribution in [-0.4, -0.2) is 10.6 Å². The van der Waals surface area contributed by atoms with Crippen LogP contribution in [-0.2, 0) is 13.6 Å². The summed E-state index contributed by atoms with van der Waals surface area (Å²) in [6, 6.07) is 17.0. The summed E-state index contributed by atoms with van der Waals surface area (Å²) < 4.78 is 1.52. The quantitative estimate of drug-likeness (QED) is 0.359. The maximum atomic E-state index is 13.3. The van der Waals surface area contributed by atoms with Crippen LogP contribution in [0.3, 0.4) is 0 Å². The Kier molecular flexibility index (Phi) is 6.49. The van der Waals surface area contributed by atoms with Gasteiger partial charge in [-0.25, -0.2) is 4.79 Å². The molecule has 1 heterocycles. The molecule has 174 valence electrons. The average molecular weight is 474 g/mol. The fourth-order valence-electron chi connectivity index (χ4n) is 4.35. The summed E-state index contributed by atoms with van der Waals surface area (Å²) in [5.41, 5.74) is 6.77. The lowest BCUT2D eigenvalue weighted by molar-refractivity contribution is 0.251. The molecule has 0 atom stereocenters. The number of halogens is 1. The molecule has 0 aliphatic heterocycles. The summed E-state index contributed by atoms with van der Waals surface area (Å²) in [4.78, 5) is 26.3. The van der Waals surface area contributed by atoms with E-state index < -0.39 is 6.03 Å². The van der Waals surface area contributed by atoms with Crippen molar-refractivity contribution >= 4 is 34.2 Å². The van der Waals surface area contributed by atoms with E-state index in [1.165, 1.54) is 4.57 Å². The Bertz CT molecular complexity index is 1470. The molecule has 0 radical (unpaired) electrons. The van der Waals surface area contributed by atoms with Crippen LogP contribution in [0.5, 0.6) is 0 Å². The zero-order valence-corrected chi connectivity index (χ0v) is 20.8. The number of pyridine rings is 1. The number of aryl methyl sites for hydroxylation is 4. The van der Waals surface area contributed by atoms with Crippen molar-refractivity contribution in [1.29, 1.82) is 0 Å². The van der Waals surface area contributed by atoms with E-state index in [-0.39, 0.29) is 12.1 Å². The molecule has 0 saturated heterocycles. The topological polar surface area (TPSA) is 63.1 Å². The van der Waals surface area contributed by atoms with Crippen molar-refractivity contribution in [2.45, 2.75) is 34.2 Å². The van der Waals surface area contributed by atoms with E-state index >= 15 is 0 Å². The minimum absolute atomic E-state index is 0.158. The molecular weight excluding hydrogens is 446 g/mol. The van der Waals surface area contributed by atoms with Crippen LogP contribution in [0, 0.1) is 27.7 Å². The molecule has 5 nitrogen and oxygen atoms in total. The fraction of sp³-hybridized carbons (Fsp3) is 0.214. The summed E-state index contributed by atoms with van der Waals surface area (Å²) >= 11 is 6.23. The largest absolute Gasteiger partial charge is 0.334 e. The third kappa shape index (κ3) is 4.31. The van der Waals surface area contributed by atoms with Crippen LogP contribution in [0.15, 0.2) is 59.4 Å². The number of hydrogen-bond donors (Lipinski definition) is 2. The number of carbonyl (C=O) groups excluding carboxylic acids is 1. The van der Waals surface area contributed by atoms with Gasteiger partial charge in [-0.15, -0.1) is 0 Å². The van der Waals surface area contributed by atoms with Crippen LogP contribution in [0.1, 0.15) is 27.8 Å². The highest BCUT2D eigenvalue weighted by Crippen LogP contribution is 2.38. The van der Waals surface area contributed by atoms with Gasteiger partial charge < -0.3 is 5.32 Å². The molecular formula is C28H28ClN3O2. The van der Waals surface area contributed by atoms with Gasteiger partial charge in [-0.3, -0.25) is 14.7 Å². The Labute approximate surface area is 204 Å². The predicted molar refractivity (Wildman–Crippen MR) is 141 cm³/mol. The molecule has 3 aromatic carbocycles. The molecule has 0 aliphatic rings. The number of urea groups is 1. The lowest BCUT2D eigenvalue weighted by Crippen LogP contribution is -2.32. The molecule has 0 spiro atoms. The maximum absolute atomic E-state index is 13.3. The van der Waals surface area contributed by atoms with Gasteiger partial charge in [0.2, 0.25) is 0 Å². The first kappa shape index (κ1) is 23.6. The highest BCUT2D eigenvalue weighted by Gasteiger charge is 2.21. The Hall–Kier alpha value is -3.57. The minimum Gasteiger partial charge on any atom is -0.334 e. The molecule has 0 saturated carbocycles. The zero-order chi connectivity index (χ0) is 24.6. The van der Waals surface area contributed by atoms with Gasteiger partial charge in [-0.05, 0) is 78.6 Å². The number of amides is 2. The number of nitrogens with zero attached hydrogens (tertiary/aromatic N) is 1. The number of benzene rings is 3. The summed E-state index contributed by atoms with van der Waals surface area (Å²) in [5, 5.41) is 7.86. The minimum atomic E-state index is -0.411. The van der Waals surface area contributed by atoms with Crippen molar-refractivity contribution < 1.29 is 4.79 Å². The molecule has 0 unspecified atom stereocenters. The van der Waals surface area contributed by atoms with Gasteiger partial charge in [0.05, 0.1) is 0 Å². The van der Waals surface area contributed by atoms with Crippen LogP contribution in [0.2, 0.25) is 5.02 Å². The Morgan fingerprint density at radius 2 is 1.47 bits per heavy atom. The molecule has 34 heavy (non-hydrogen) atoms. The van der Waals surface area contributed by atoms with Crippen molar-refractivity contribution in [3.05, 3.63) is 97.8 Å². The molecule has 1 aromatic heterocycles. The average Bonchev–Trinajstić information content (AvgIpc) is 2.80. The third-order valence-electron chi connectivity index (χ3n) is 6.37. The molecule has 0 bridgehead atoms. The number of aromatic nitrogens is 1. The summed E-state index contributed by atoms with van der Waals surface area (Å²) in [6.45, 7) is 8.39. The first-order chi connectivity index (χ1) is 16.2. The van der Waals surface area contributed by atoms with Gasteiger partial charge >= 0.3 is 6.03 Å². The SMILES string of the molecule is Cc1cc2c(-c3c(C)cccc3C)c(NC(=O)NCc3ccccc3Cl)n(C)c(=O)c2cc1C. The van der Waals surface area contributed by atoms with Crippen molar-refractivity contribution in [3.8, 4) is 11.1 Å². The Morgan fingerprint density at radius 1 is 0.853 bits per heavy atom. The van der Waals surface area contributed by atoms with Gasteiger partial charge in [-0.2, -0.15) is 0 Å². The van der Waals surface area contributed by atoms with E-state index in [4.69, 9.17) is 11.6 Å². The number of fused-ring (bicyclic) bond motifs is 1. The molecule has 4 rings (SSSR count). The summed E-state index contributed by atoms with van der Waals surface area (Å²) in [6.07, 6.45) is 0. The smallest absolute Gasteiger partial charge is 0.320 e.